The number of fused-ring (bicyclic) bond motifs is 1. The number of aromatic amines is 1. The van der Waals surface area contributed by atoms with Crippen LogP contribution in [-0.2, 0) is 18.3 Å². The number of benzene rings is 1. The summed E-state index contributed by atoms with van der Waals surface area (Å²) in [6, 6.07) is 2.60. The Hall–Kier alpha value is -3.94. The van der Waals surface area contributed by atoms with E-state index in [1.165, 1.54) is 19.4 Å². The minimum Gasteiger partial charge on any atom is -0.444 e. The summed E-state index contributed by atoms with van der Waals surface area (Å²) in [5.74, 6) is -2.00. The summed E-state index contributed by atoms with van der Waals surface area (Å²) >= 11 is 0.966. The van der Waals surface area contributed by atoms with E-state index in [2.05, 4.69) is 20.0 Å². The number of hydrogen-bond donors (Lipinski definition) is 2. The number of hydrogen-bond acceptors (Lipinski definition) is 7. The number of aromatic nitrogens is 3. The lowest BCUT2D eigenvalue weighted by Gasteiger charge is -2.09. The number of thiazole rings is 1. The van der Waals surface area contributed by atoms with Crippen molar-refractivity contribution in [1.29, 1.82) is 0 Å². The first kappa shape index (κ1) is 23.2. The molecule has 3 aromatic heterocycles. The number of alkyl halides is 3. The molecule has 0 saturated heterocycles. The Bertz CT molecular complexity index is 1530. The highest BCUT2D eigenvalue weighted by Gasteiger charge is 2.31. The molecule has 14 heteroatoms. The lowest BCUT2D eigenvalue weighted by Crippen LogP contribution is -2.32. The fourth-order valence-electron chi connectivity index (χ4n) is 3.23. The van der Waals surface area contributed by atoms with Crippen LogP contribution >= 0.6 is 11.3 Å². The van der Waals surface area contributed by atoms with E-state index in [0.29, 0.717) is 6.07 Å². The van der Waals surface area contributed by atoms with Crippen LogP contribution in [0.4, 0.5) is 22.7 Å². The average Bonchev–Trinajstić information content (AvgIpc) is 3.29. The van der Waals surface area contributed by atoms with Crippen LogP contribution in [0.15, 0.2) is 37.6 Å². The molecule has 0 fully saturated rings. The van der Waals surface area contributed by atoms with Gasteiger partial charge in [-0.25, -0.2) is 14.2 Å². The van der Waals surface area contributed by atoms with Gasteiger partial charge >= 0.3 is 12.1 Å². The maximum Gasteiger partial charge on any atom is 0.573 e. The van der Waals surface area contributed by atoms with Gasteiger partial charge in [0, 0.05) is 29.6 Å². The largest absolute Gasteiger partial charge is 0.573 e. The molecule has 0 aliphatic rings. The third-order valence-electron chi connectivity index (χ3n) is 4.79. The maximum absolute atomic E-state index is 14.3. The summed E-state index contributed by atoms with van der Waals surface area (Å²) in [5, 5.41) is 4.10. The van der Waals surface area contributed by atoms with Gasteiger partial charge in [-0.05, 0) is 19.1 Å². The number of halogens is 4. The lowest BCUT2D eigenvalue weighted by atomic mass is 10.1. The SMILES string of the molecule is Cc1oc2[nH]c(=O)n(C)c(=O)c2c1CC(=O)Nc1nc(-c2ccc(OC(F)(F)F)cc2F)cs1. The number of nitrogens with zero attached hydrogens (tertiary/aromatic N) is 2. The molecule has 9 nitrogen and oxygen atoms in total. The van der Waals surface area contributed by atoms with Crippen LogP contribution in [0.3, 0.4) is 0 Å². The van der Waals surface area contributed by atoms with Crippen molar-refractivity contribution in [3.8, 4) is 17.0 Å². The van der Waals surface area contributed by atoms with Crippen molar-refractivity contribution in [2.24, 2.45) is 7.05 Å². The third-order valence-corrected chi connectivity index (χ3v) is 5.55. The second kappa shape index (κ2) is 8.44. The molecule has 1 amide bonds. The number of furan rings is 1. The first-order valence-corrected chi connectivity index (χ1v) is 10.3. The first-order valence-electron chi connectivity index (χ1n) is 9.45. The number of anilines is 1. The van der Waals surface area contributed by atoms with Crippen molar-refractivity contribution in [1.82, 2.24) is 14.5 Å². The number of carbonyl (C=O) groups is 1. The smallest absolute Gasteiger partial charge is 0.444 e. The van der Waals surface area contributed by atoms with Crippen molar-refractivity contribution in [3.05, 3.63) is 61.6 Å². The number of aryl methyl sites for hydroxylation is 1. The predicted octanol–water partition coefficient (Wildman–Crippen LogP) is 3.47. The summed E-state index contributed by atoms with van der Waals surface area (Å²) in [4.78, 5) is 43.3. The lowest BCUT2D eigenvalue weighted by molar-refractivity contribution is -0.274. The van der Waals surface area contributed by atoms with Gasteiger partial charge in [-0.2, -0.15) is 0 Å². The fraction of sp³-hybridized carbons (Fsp3) is 0.200. The van der Waals surface area contributed by atoms with Gasteiger partial charge in [0.25, 0.3) is 5.56 Å². The third kappa shape index (κ3) is 4.57. The number of carbonyl (C=O) groups excluding carboxylic acids is 1. The van der Waals surface area contributed by atoms with Crippen molar-refractivity contribution in [2.75, 3.05) is 5.32 Å². The fourth-order valence-corrected chi connectivity index (χ4v) is 3.95. The molecule has 4 rings (SSSR count). The zero-order valence-corrected chi connectivity index (χ0v) is 18.2. The molecular weight excluding hydrogens is 484 g/mol. The van der Waals surface area contributed by atoms with Crippen LogP contribution in [0.1, 0.15) is 11.3 Å². The van der Waals surface area contributed by atoms with Gasteiger partial charge in [0.2, 0.25) is 11.6 Å². The Morgan fingerprint density at radius 2 is 2.06 bits per heavy atom. The Labute approximate surface area is 190 Å². The molecule has 0 spiro atoms. The standard InChI is InChI=1S/C20H14F4N4O5S/c1-8-11(15-16(32-8)27-19(31)28(2)17(15)30)6-14(29)26-18-25-13(7-34-18)10-4-3-9(5-12(10)21)33-20(22,23)24/h3-5,7H,6H2,1-2H3,(H,27,31)(H,25,26,29). The maximum atomic E-state index is 14.3. The molecule has 0 unspecified atom stereocenters. The number of rotatable bonds is 5. The van der Waals surface area contributed by atoms with Gasteiger partial charge in [0.1, 0.15) is 22.7 Å². The van der Waals surface area contributed by atoms with Crippen LogP contribution in [0.25, 0.3) is 22.4 Å². The number of ether oxygens (including phenoxy) is 1. The molecule has 0 bridgehead atoms. The number of amides is 1. The van der Waals surface area contributed by atoms with E-state index in [9.17, 15) is 31.9 Å². The molecule has 0 saturated carbocycles. The minimum absolute atomic E-state index is 0.0432. The van der Waals surface area contributed by atoms with Crippen LogP contribution in [0.5, 0.6) is 5.75 Å². The van der Waals surface area contributed by atoms with E-state index in [4.69, 9.17) is 4.42 Å². The molecule has 2 N–H and O–H groups in total. The van der Waals surface area contributed by atoms with E-state index >= 15 is 0 Å². The van der Waals surface area contributed by atoms with Crippen LogP contribution < -0.4 is 21.3 Å². The molecule has 0 aliphatic heterocycles. The molecule has 0 radical (unpaired) electrons. The van der Waals surface area contributed by atoms with Gasteiger partial charge in [0.05, 0.1) is 12.1 Å². The van der Waals surface area contributed by atoms with Crippen molar-refractivity contribution in [2.45, 2.75) is 19.7 Å². The summed E-state index contributed by atoms with van der Waals surface area (Å²) in [6.07, 6.45) is -5.23. The second-order valence-electron chi connectivity index (χ2n) is 7.09. The molecule has 178 valence electrons. The van der Waals surface area contributed by atoms with Gasteiger partial charge in [-0.1, -0.05) is 0 Å². The Balaban J connectivity index is 1.53. The Morgan fingerprint density at radius 3 is 2.74 bits per heavy atom. The second-order valence-corrected chi connectivity index (χ2v) is 7.95. The van der Waals surface area contributed by atoms with Crippen LogP contribution in [0, 0.1) is 12.7 Å². The average molecular weight is 498 g/mol. The Morgan fingerprint density at radius 1 is 1.32 bits per heavy atom. The van der Waals surface area contributed by atoms with Crippen LogP contribution in [-0.4, -0.2) is 26.8 Å². The van der Waals surface area contributed by atoms with Gasteiger partial charge in [-0.15, -0.1) is 24.5 Å². The van der Waals surface area contributed by atoms with E-state index in [1.54, 1.807) is 0 Å². The molecule has 4 aromatic rings. The summed E-state index contributed by atoms with van der Waals surface area (Å²) in [5.41, 5.74) is -1.04. The van der Waals surface area contributed by atoms with Crippen molar-refractivity contribution < 1.29 is 31.5 Å². The summed E-state index contributed by atoms with van der Waals surface area (Å²) in [7, 11) is 1.28. The highest BCUT2D eigenvalue weighted by Crippen LogP contribution is 2.31. The summed E-state index contributed by atoms with van der Waals surface area (Å²) < 4.78 is 61.1. The predicted molar refractivity (Wildman–Crippen MR) is 113 cm³/mol. The van der Waals surface area contributed by atoms with Crippen LogP contribution in [0.2, 0.25) is 0 Å². The molecular formula is C20H14F4N4O5S. The quantitative estimate of drug-likeness (QED) is 0.407. The molecule has 1 aromatic carbocycles. The van der Waals surface area contributed by atoms with Gasteiger partial charge < -0.3 is 14.5 Å². The molecule has 3 heterocycles. The topological polar surface area (TPSA) is 119 Å². The van der Waals surface area contributed by atoms with E-state index < -0.39 is 35.1 Å². The number of H-pyrrole nitrogens is 1. The van der Waals surface area contributed by atoms with Gasteiger partial charge in [-0.3, -0.25) is 19.1 Å². The highest BCUT2D eigenvalue weighted by atomic mass is 32.1. The molecule has 0 atom stereocenters. The van der Waals surface area contributed by atoms with E-state index in [0.717, 1.165) is 28.0 Å². The zero-order valence-electron chi connectivity index (χ0n) is 17.4. The van der Waals surface area contributed by atoms with Crippen molar-refractivity contribution >= 4 is 33.5 Å². The number of nitrogens with one attached hydrogen (secondary N) is 2. The molecule has 0 aliphatic carbocycles. The van der Waals surface area contributed by atoms with Gasteiger partial charge in [0.15, 0.2) is 5.13 Å². The first-order chi connectivity index (χ1) is 15.9. The van der Waals surface area contributed by atoms with E-state index in [1.807, 2.05) is 0 Å². The minimum atomic E-state index is -4.95. The zero-order chi connectivity index (χ0) is 24.8. The van der Waals surface area contributed by atoms with E-state index in [-0.39, 0.29) is 45.2 Å². The Kier molecular flexibility index (Phi) is 5.77. The summed E-state index contributed by atoms with van der Waals surface area (Å²) in [6.45, 7) is 1.54. The molecule has 34 heavy (non-hydrogen) atoms. The highest BCUT2D eigenvalue weighted by molar-refractivity contribution is 7.14. The van der Waals surface area contributed by atoms with Crippen molar-refractivity contribution in [3.63, 3.8) is 0 Å². The normalized spacial score (nSPS) is 11.7. The monoisotopic (exact) mass is 498 g/mol.